The second-order valence-corrected chi connectivity index (χ2v) is 5.85. The first-order valence-electron chi connectivity index (χ1n) is 7.88. The van der Waals surface area contributed by atoms with Crippen molar-refractivity contribution in [3.05, 3.63) is 59.7 Å². The Morgan fingerprint density at radius 1 is 1.09 bits per heavy atom. The Morgan fingerprint density at radius 2 is 1.74 bits per heavy atom. The number of benzene rings is 2. The molecule has 0 radical (unpaired) electrons. The molecule has 4 nitrogen and oxygen atoms in total. The Labute approximate surface area is 137 Å². The second-order valence-electron chi connectivity index (χ2n) is 5.85. The van der Waals surface area contributed by atoms with Crippen LogP contribution in [0.1, 0.15) is 30.9 Å². The number of hydrogen-bond donors (Lipinski definition) is 2. The zero-order valence-electron chi connectivity index (χ0n) is 13.7. The number of carbonyl (C=O) groups is 1. The van der Waals surface area contributed by atoms with Gasteiger partial charge in [-0.2, -0.15) is 0 Å². The van der Waals surface area contributed by atoms with E-state index in [1.807, 2.05) is 48.5 Å². The topological polar surface area (TPSA) is 64.3 Å². The maximum absolute atomic E-state index is 11.8. The first-order chi connectivity index (χ1) is 11.0. The molecule has 1 amide bonds. The highest BCUT2D eigenvalue weighted by atomic mass is 16.5. The largest absolute Gasteiger partial charge is 0.484 e. The molecule has 0 unspecified atom stereocenters. The maximum Gasteiger partial charge on any atom is 0.257 e. The van der Waals surface area contributed by atoms with E-state index in [-0.39, 0.29) is 12.5 Å². The Hall–Kier alpha value is -2.49. The summed E-state index contributed by atoms with van der Waals surface area (Å²) in [5.41, 5.74) is 8.78. The van der Waals surface area contributed by atoms with Gasteiger partial charge in [-0.3, -0.25) is 4.79 Å². The number of hydrogen-bond acceptors (Lipinski definition) is 3. The molecule has 2 aromatic rings. The van der Waals surface area contributed by atoms with E-state index >= 15 is 0 Å². The monoisotopic (exact) mass is 312 g/mol. The summed E-state index contributed by atoms with van der Waals surface area (Å²) in [5.74, 6) is 1.08. The first-order valence-corrected chi connectivity index (χ1v) is 7.88. The van der Waals surface area contributed by atoms with Crippen LogP contribution in [-0.4, -0.2) is 19.1 Å². The van der Waals surface area contributed by atoms with Crippen LogP contribution in [0, 0.1) is 0 Å². The predicted octanol–water partition coefficient (Wildman–Crippen LogP) is 3.13. The zero-order chi connectivity index (χ0) is 16.7. The van der Waals surface area contributed by atoms with E-state index < -0.39 is 0 Å². The molecule has 0 saturated heterocycles. The van der Waals surface area contributed by atoms with E-state index in [9.17, 15) is 4.79 Å². The summed E-state index contributed by atoms with van der Waals surface area (Å²) in [7, 11) is 0. The van der Waals surface area contributed by atoms with Gasteiger partial charge in [0.25, 0.3) is 5.91 Å². The van der Waals surface area contributed by atoms with E-state index in [1.165, 1.54) is 5.56 Å². The summed E-state index contributed by atoms with van der Waals surface area (Å²) >= 11 is 0. The summed E-state index contributed by atoms with van der Waals surface area (Å²) < 4.78 is 5.49. The highest BCUT2D eigenvalue weighted by molar-refractivity contribution is 5.77. The average molecular weight is 312 g/mol. The normalized spacial score (nSPS) is 10.6. The minimum absolute atomic E-state index is 0.0305. The lowest BCUT2D eigenvalue weighted by atomic mass is 10.0. The van der Waals surface area contributed by atoms with E-state index in [0.717, 1.165) is 17.7 Å². The third kappa shape index (κ3) is 5.66. The Balaban J connectivity index is 1.69. The lowest BCUT2D eigenvalue weighted by Crippen LogP contribution is -2.30. The maximum atomic E-state index is 11.8. The van der Waals surface area contributed by atoms with Crippen LogP contribution in [0.5, 0.6) is 5.75 Å². The zero-order valence-corrected chi connectivity index (χ0v) is 13.7. The number of carbonyl (C=O) groups excluding carboxylic acids is 1. The van der Waals surface area contributed by atoms with Crippen LogP contribution in [-0.2, 0) is 11.2 Å². The van der Waals surface area contributed by atoms with Crippen molar-refractivity contribution in [2.24, 2.45) is 0 Å². The molecule has 0 saturated carbocycles. The van der Waals surface area contributed by atoms with Gasteiger partial charge in [-0.1, -0.05) is 38.1 Å². The van der Waals surface area contributed by atoms with Crippen LogP contribution in [0.2, 0.25) is 0 Å². The van der Waals surface area contributed by atoms with Crippen molar-refractivity contribution in [3.8, 4) is 5.75 Å². The quantitative estimate of drug-likeness (QED) is 0.772. The van der Waals surface area contributed by atoms with Crippen molar-refractivity contribution < 1.29 is 9.53 Å². The molecule has 2 aromatic carbocycles. The molecule has 4 heteroatoms. The fourth-order valence-corrected chi connectivity index (χ4v) is 2.18. The van der Waals surface area contributed by atoms with Crippen molar-refractivity contribution in [3.63, 3.8) is 0 Å². The Morgan fingerprint density at radius 3 is 2.35 bits per heavy atom. The molecular weight excluding hydrogens is 288 g/mol. The lowest BCUT2D eigenvalue weighted by Gasteiger charge is -2.09. The number of nitrogens with two attached hydrogens (primary N) is 1. The number of nitrogens with one attached hydrogen (secondary N) is 1. The van der Waals surface area contributed by atoms with Crippen LogP contribution < -0.4 is 15.8 Å². The van der Waals surface area contributed by atoms with Gasteiger partial charge < -0.3 is 15.8 Å². The molecule has 0 aliphatic carbocycles. The lowest BCUT2D eigenvalue weighted by molar-refractivity contribution is -0.123. The molecule has 0 aliphatic rings. The third-order valence-electron chi connectivity index (χ3n) is 3.63. The standard InChI is InChI=1S/C19H24N2O2/c1-14(2)16-5-9-18(10-6-16)23-13-19(22)21-12-11-15-3-7-17(20)8-4-15/h3-10,14H,11-13,20H2,1-2H3,(H,21,22). The number of rotatable bonds is 7. The van der Waals surface area contributed by atoms with Gasteiger partial charge in [-0.15, -0.1) is 0 Å². The summed E-state index contributed by atoms with van der Waals surface area (Å²) in [6, 6.07) is 15.5. The van der Waals surface area contributed by atoms with Gasteiger partial charge in [-0.25, -0.2) is 0 Å². The van der Waals surface area contributed by atoms with Gasteiger partial charge in [0.2, 0.25) is 0 Å². The highest BCUT2D eigenvalue weighted by Gasteiger charge is 2.04. The molecule has 0 atom stereocenters. The van der Waals surface area contributed by atoms with E-state index in [2.05, 4.69) is 19.2 Å². The van der Waals surface area contributed by atoms with Crippen molar-refractivity contribution in [2.75, 3.05) is 18.9 Å². The van der Waals surface area contributed by atoms with E-state index in [0.29, 0.717) is 18.2 Å². The van der Waals surface area contributed by atoms with E-state index in [1.54, 1.807) is 0 Å². The molecule has 0 aromatic heterocycles. The molecule has 3 N–H and O–H groups in total. The van der Waals surface area contributed by atoms with Crippen LogP contribution in [0.4, 0.5) is 5.69 Å². The molecule has 0 spiro atoms. The number of anilines is 1. The summed E-state index contributed by atoms with van der Waals surface area (Å²) in [4.78, 5) is 11.8. The molecule has 122 valence electrons. The van der Waals surface area contributed by atoms with Crippen LogP contribution in [0.15, 0.2) is 48.5 Å². The SMILES string of the molecule is CC(C)c1ccc(OCC(=O)NCCc2ccc(N)cc2)cc1. The fraction of sp³-hybridized carbons (Fsp3) is 0.316. The van der Waals surface area contributed by atoms with Crippen molar-refractivity contribution in [1.29, 1.82) is 0 Å². The predicted molar refractivity (Wildman–Crippen MR) is 93.6 cm³/mol. The van der Waals surface area contributed by atoms with Gasteiger partial charge in [-0.05, 0) is 47.7 Å². The molecule has 23 heavy (non-hydrogen) atoms. The molecule has 0 fully saturated rings. The van der Waals surface area contributed by atoms with Gasteiger partial charge in [0.05, 0.1) is 0 Å². The van der Waals surface area contributed by atoms with Crippen molar-refractivity contribution in [1.82, 2.24) is 5.32 Å². The number of amides is 1. The summed E-state index contributed by atoms with van der Waals surface area (Å²) in [6.45, 7) is 4.90. The molecular formula is C19H24N2O2. The highest BCUT2D eigenvalue weighted by Crippen LogP contribution is 2.18. The van der Waals surface area contributed by atoms with Crippen LogP contribution in [0.25, 0.3) is 0 Å². The van der Waals surface area contributed by atoms with Gasteiger partial charge in [0, 0.05) is 12.2 Å². The van der Waals surface area contributed by atoms with Crippen molar-refractivity contribution >= 4 is 11.6 Å². The smallest absolute Gasteiger partial charge is 0.257 e. The molecule has 2 rings (SSSR count). The van der Waals surface area contributed by atoms with Crippen LogP contribution in [0.3, 0.4) is 0 Å². The van der Waals surface area contributed by atoms with Gasteiger partial charge in [0.1, 0.15) is 5.75 Å². The minimum atomic E-state index is -0.117. The Kier molecular flexibility index (Phi) is 6.03. The fourth-order valence-electron chi connectivity index (χ4n) is 2.18. The van der Waals surface area contributed by atoms with Gasteiger partial charge >= 0.3 is 0 Å². The third-order valence-corrected chi connectivity index (χ3v) is 3.63. The second kappa shape index (κ2) is 8.22. The number of ether oxygens (including phenoxy) is 1. The molecule has 0 heterocycles. The molecule has 0 bridgehead atoms. The first kappa shape index (κ1) is 16.9. The number of nitrogen functional groups attached to an aromatic ring is 1. The van der Waals surface area contributed by atoms with E-state index in [4.69, 9.17) is 10.5 Å². The average Bonchev–Trinajstić information content (AvgIpc) is 2.55. The molecule has 0 aliphatic heterocycles. The van der Waals surface area contributed by atoms with Gasteiger partial charge in [0.15, 0.2) is 6.61 Å². The van der Waals surface area contributed by atoms with Crippen LogP contribution >= 0.6 is 0 Å². The Bertz CT molecular complexity index is 619. The summed E-state index contributed by atoms with van der Waals surface area (Å²) in [6.07, 6.45) is 0.773. The summed E-state index contributed by atoms with van der Waals surface area (Å²) in [5, 5.41) is 2.85. The minimum Gasteiger partial charge on any atom is -0.484 e. The van der Waals surface area contributed by atoms with Crippen molar-refractivity contribution in [2.45, 2.75) is 26.2 Å².